The Morgan fingerprint density at radius 1 is 1.17 bits per heavy atom. The van der Waals surface area contributed by atoms with Crippen molar-refractivity contribution >= 4 is 18.0 Å². The molecule has 0 radical (unpaired) electrons. The van der Waals surface area contributed by atoms with E-state index in [0.29, 0.717) is 0 Å². The minimum atomic E-state index is 0. The first kappa shape index (κ1) is 8.64. The largest absolute Gasteiger partial charge is 0.870 e. The van der Waals surface area contributed by atoms with E-state index in [4.69, 9.17) is 0 Å². The standard InChI is InChI=1S/C9H8N2.H2O/c1-2-6-9-8(4-1)5-3-7-10-11-9;/h1-7,11H;1H2. The number of nitrogens with zero attached hydrogens (tertiary/aromatic N) is 1. The van der Waals surface area contributed by atoms with E-state index in [1.807, 2.05) is 23.6 Å². The predicted molar refractivity (Wildman–Crippen MR) is 47.5 cm³/mol. The van der Waals surface area contributed by atoms with Crippen LogP contribution in [0, 0.1) is 0 Å². The molecular weight excluding hydrogens is 152 g/mol. The fourth-order valence-electron chi connectivity index (χ4n) is 1.10. The van der Waals surface area contributed by atoms with Crippen molar-refractivity contribution in [1.29, 1.82) is 0 Å². The lowest BCUT2D eigenvalue weighted by Gasteiger charge is -1.95. The molecule has 0 amide bonds. The van der Waals surface area contributed by atoms with E-state index >= 15 is 0 Å². The number of allylic oxidation sites excluding steroid dienone is 1. The number of hydrogen-bond donors (Lipinski definition) is 1. The van der Waals surface area contributed by atoms with Gasteiger partial charge in [0.25, 0.3) is 0 Å². The Hall–Kier alpha value is -1.45. The maximum atomic E-state index is 4.08. The van der Waals surface area contributed by atoms with Crippen LogP contribution in [0.5, 0.6) is 0 Å². The summed E-state index contributed by atoms with van der Waals surface area (Å²) in [4.78, 5) is 0. The van der Waals surface area contributed by atoms with Crippen LogP contribution in [0.4, 0.5) is 5.69 Å². The zero-order valence-electron chi connectivity index (χ0n) is 6.51. The first-order valence-electron chi connectivity index (χ1n) is 3.59. The molecule has 1 heterocycles. The van der Waals surface area contributed by atoms with Crippen LogP contribution in [0.3, 0.4) is 0 Å². The molecule has 1 aromatic rings. The van der Waals surface area contributed by atoms with E-state index in [1.54, 1.807) is 6.21 Å². The van der Waals surface area contributed by atoms with Gasteiger partial charge in [-0.2, -0.15) is 5.43 Å². The molecule has 62 valence electrons. The molecule has 3 nitrogen and oxygen atoms in total. The first-order valence-corrected chi connectivity index (χ1v) is 3.59. The van der Waals surface area contributed by atoms with Gasteiger partial charge in [0.1, 0.15) is 0 Å². The van der Waals surface area contributed by atoms with Crippen LogP contribution in [-0.2, 0) is 0 Å². The lowest BCUT2D eigenvalue weighted by atomic mass is 10.2. The third-order valence-corrected chi connectivity index (χ3v) is 1.66. The van der Waals surface area contributed by atoms with Crippen LogP contribution in [0.1, 0.15) is 5.56 Å². The second-order valence-electron chi connectivity index (χ2n) is 2.42. The number of rotatable bonds is 0. The zero-order valence-corrected chi connectivity index (χ0v) is 6.51. The minimum absolute atomic E-state index is 0. The van der Waals surface area contributed by atoms with Crippen molar-refractivity contribution in [2.75, 3.05) is 0 Å². The normalized spacial score (nSPS) is 13.0. The molecular formula is C9H10N2O. The Bertz CT molecular complexity index is 318. The Kier molecular flexibility index (Phi) is 2.74. The fraction of sp³-hybridized carbons (Fsp3) is 0. The van der Waals surface area contributed by atoms with Crippen molar-refractivity contribution in [3.63, 3.8) is 0 Å². The van der Waals surface area contributed by atoms with E-state index in [-0.39, 0.29) is 5.48 Å². The van der Waals surface area contributed by atoms with Crippen LogP contribution in [-0.4, -0.2) is 11.7 Å². The third kappa shape index (κ3) is 1.58. The van der Waals surface area contributed by atoms with Gasteiger partial charge < -0.3 is 5.48 Å². The van der Waals surface area contributed by atoms with Gasteiger partial charge in [0.15, 0.2) is 5.69 Å². The summed E-state index contributed by atoms with van der Waals surface area (Å²) >= 11 is 0. The summed E-state index contributed by atoms with van der Waals surface area (Å²) in [6.45, 7) is 0. The fourth-order valence-corrected chi connectivity index (χ4v) is 1.10. The highest BCUT2D eigenvalue weighted by Crippen LogP contribution is 2.11. The maximum Gasteiger partial charge on any atom is 0.163 e. The summed E-state index contributed by atoms with van der Waals surface area (Å²) in [7, 11) is 0. The van der Waals surface area contributed by atoms with E-state index in [0.717, 1.165) is 0 Å². The van der Waals surface area contributed by atoms with Gasteiger partial charge in [-0.15, -0.1) is 0 Å². The van der Waals surface area contributed by atoms with Crippen molar-refractivity contribution in [3.05, 3.63) is 35.9 Å². The maximum absolute atomic E-state index is 4.08. The van der Waals surface area contributed by atoms with Crippen molar-refractivity contribution < 1.29 is 10.9 Å². The van der Waals surface area contributed by atoms with Crippen LogP contribution >= 0.6 is 0 Å². The van der Waals surface area contributed by atoms with Gasteiger partial charge in [0.05, 0.1) is 6.21 Å². The van der Waals surface area contributed by atoms with E-state index < -0.39 is 0 Å². The Morgan fingerprint density at radius 3 is 2.92 bits per heavy atom. The molecule has 0 atom stereocenters. The van der Waals surface area contributed by atoms with Crippen molar-refractivity contribution in [2.45, 2.75) is 0 Å². The van der Waals surface area contributed by atoms with E-state index in [1.165, 1.54) is 11.3 Å². The SMILES string of the molecule is C1=Cc2ccccc2[NH2+]N=C1.[OH-]. The molecule has 0 saturated carbocycles. The lowest BCUT2D eigenvalue weighted by molar-refractivity contribution is -0.576. The van der Waals surface area contributed by atoms with Gasteiger partial charge >= 0.3 is 0 Å². The second-order valence-corrected chi connectivity index (χ2v) is 2.42. The molecule has 0 spiro atoms. The van der Waals surface area contributed by atoms with Crippen molar-refractivity contribution in [3.8, 4) is 0 Å². The average molecular weight is 162 g/mol. The molecule has 1 aliphatic rings. The van der Waals surface area contributed by atoms with Gasteiger partial charge in [-0.1, -0.05) is 17.2 Å². The topological polar surface area (TPSA) is 59.0 Å². The van der Waals surface area contributed by atoms with Gasteiger partial charge in [-0.3, -0.25) is 0 Å². The summed E-state index contributed by atoms with van der Waals surface area (Å²) in [5.74, 6) is 0. The molecule has 1 aliphatic heterocycles. The molecule has 0 bridgehead atoms. The number of nitrogens with two attached hydrogens (primary N) is 1. The number of quaternary nitrogens is 1. The molecule has 0 fully saturated rings. The van der Waals surface area contributed by atoms with Crippen molar-refractivity contribution in [1.82, 2.24) is 0 Å². The average Bonchev–Trinajstić information content (AvgIpc) is 2.28. The monoisotopic (exact) mass is 162 g/mol. The van der Waals surface area contributed by atoms with Gasteiger partial charge in [0.2, 0.25) is 0 Å². The molecule has 0 aliphatic carbocycles. The van der Waals surface area contributed by atoms with E-state index in [9.17, 15) is 0 Å². The molecule has 3 heteroatoms. The van der Waals surface area contributed by atoms with Gasteiger partial charge in [0, 0.05) is 11.6 Å². The number of benzene rings is 1. The first-order chi connectivity index (χ1) is 5.47. The molecule has 2 rings (SSSR count). The summed E-state index contributed by atoms with van der Waals surface area (Å²) in [5, 5.41) is 4.08. The van der Waals surface area contributed by atoms with Crippen LogP contribution < -0.4 is 5.43 Å². The Labute approximate surface area is 70.7 Å². The highest BCUT2D eigenvalue weighted by atomic mass is 16.0. The zero-order chi connectivity index (χ0) is 7.52. The minimum Gasteiger partial charge on any atom is -0.870 e. The summed E-state index contributed by atoms with van der Waals surface area (Å²) in [5.41, 5.74) is 4.28. The molecule has 0 aromatic heterocycles. The van der Waals surface area contributed by atoms with Crippen molar-refractivity contribution in [2.24, 2.45) is 5.10 Å². The van der Waals surface area contributed by atoms with Crippen LogP contribution in [0.25, 0.3) is 6.08 Å². The van der Waals surface area contributed by atoms with E-state index in [2.05, 4.69) is 23.3 Å². The molecule has 1 aromatic carbocycles. The Balaban J connectivity index is 0.000000720. The quantitative estimate of drug-likeness (QED) is 0.443. The summed E-state index contributed by atoms with van der Waals surface area (Å²) < 4.78 is 0. The predicted octanol–water partition coefficient (Wildman–Crippen LogP) is 0.717. The molecule has 0 unspecified atom stereocenters. The van der Waals surface area contributed by atoms with Crippen LogP contribution in [0.15, 0.2) is 35.4 Å². The second kappa shape index (κ2) is 3.80. The van der Waals surface area contributed by atoms with Gasteiger partial charge in [-0.05, 0) is 18.2 Å². The third-order valence-electron chi connectivity index (χ3n) is 1.66. The van der Waals surface area contributed by atoms with Gasteiger partial charge in [-0.25, -0.2) is 0 Å². The Morgan fingerprint density at radius 2 is 2.00 bits per heavy atom. The molecule has 12 heavy (non-hydrogen) atoms. The molecule has 0 saturated heterocycles. The lowest BCUT2D eigenvalue weighted by Crippen LogP contribution is -2.71. The highest BCUT2D eigenvalue weighted by Gasteiger charge is 2.01. The highest BCUT2D eigenvalue weighted by molar-refractivity contribution is 5.80. The molecule has 3 N–H and O–H groups in total. The summed E-state index contributed by atoms with van der Waals surface area (Å²) in [6.07, 6.45) is 5.80. The smallest absolute Gasteiger partial charge is 0.163 e. The van der Waals surface area contributed by atoms with Crippen LogP contribution in [0.2, 0.25) is 0 Å². The summed E-state index contributed by atoms with van der Waals surface area (Å²) in [6, 6.07) is 8.19. The number of fused-ring (bicyclic) bond motifs is 1. The number of hydrogen-bond acceptors (Lipinski definition) is 2.